The third kappa shape index (κ3) is 2.73. The first-order valence-corrected chi connectivity index (χ1v) is 6.95. The maximum absolute atomic E-state index is 12.0. The average molecular weight is 285 g/mol. The van der Waals surface area contributed by atoms with Crippen LogP contribution in [0.3, 0.4) is 0 Å². The fraction of sp³-hybridized carbons (Fsp3) is 0.846. The topological polar surface area (TPSA) is 90.9 Å². The zero-order valence-electron chi connectivity index (χ0n) is 12.1. The zero-order chi connectivity index (χ0) is 14.8. The van der Waals surface area contributed by atoms with E-state index in [0.29, 0.717) is 19.6 Å². The molecule has 1 aliphatic heterocycles. The molecule has 2 fully saturated rings. The molecule has 0 aromatic heterocycles. The number of nitrogens with one attached hydrogen (secondary N) is 2. The van der Waals surface area contributed by atoms with Crippen molar-refractivity contribution >= 4 is 12.0 Å². The van der Waals surface area contributed by atoms with Gasteiger partial charge in [-0.3, -0.25) is 0 Å². The summed E-state index contributed by atoms with van der Waals surface area (Å²) in [5.74, 6) is -1.05. The number of carboxylic acid groups (broad SMARTS) is 1. The van der Waals surface area contributed by atoms with Crippen molar-refractivity contribution < 1.29 is 19.4 Å². The predicted molar refractivity (Wildman–Crippen MR) is 72.6 cm³/mol. The number of carbonyl (C=O) groups excluding carboxylic acids is 1. The summed E-state index contributed by atoms with van der Waals surface area (Å²) in [7, 11) is 4.00. The molecule has 1 saturated carbocycles. The SMILES string of the molecule is CN(C)C1(CNC(=O)NC2(C(=O)O)CCOC2)CCC1. The first-order valence-electron chi connectivity index (χ1n) is 6.95. The van der Waals surface area contributed by atoms with E-state index in [2.05, 4.69) is 15.5 Å². The molecular formula is C13H23N3O4. The molecule has 7 nitrogen and oxygen atoms in total. The minimum Gasteiger partial charge on any atom is -0.479 e. The lowest BCUT2D eigenvalue weighted by molar-refractivity contribution is -0.144. The molecule has 2 aliphatic rings. The molecule has 2 amide bonds. The normalized spacial score (nSPS) is 27.9. The van der Waals surface area contributed by atoms with Gasteiger partial charge in [-0.2, -0.15) is 0 Å². The Bertz CT molecular complexity index is 387. The Kier molecular flexibility index (Phi) is 4.19. The largest absolute Gasteiger partial charge is 0.479 e. The van der Waals surface area contributed by atoms with Gasteiger partial charge in [-0.15, -0.1) is 0 Å². The first-order chi connectivity index (χ1) is 9.40. The summed E-state index contributed by atoms with van der Waals surface area (Å²) in [6, 6.07) is -0.439. The molecule has 20 heavy (non-hydrogen) atoms. The molecule has 0 radical (unpaired) electrons. The molecule has 1 aliphatic carbocycles. The number of likely N-dealkylation sites (N-methyl/N-ethyl adjacent to an activating group) is 1. The van der Waals surface area contributed by atoms with Crippen LogP contribution < -0.4 is 10.6 Å². The number of carboxylic acids is 1. The Hall–Kier alpha value is -1.34. The van der Waals surface area contributed by atoms with Gasteiger partial charge in [0.05, 0.1) is 6.61 Å². The van der Waals surface area contributed by atoms with Crippen molar-refractivity contribution in [3.63, 3.8) is 0 Å². The molecule has 1 heterocycles. The Labute approximate surface area is 118 Å². The summed E-state index contributed by atoms with van der Waals surface area (Å²) in [5, 5.41) is 14.6. The lowest BCUT2D eigenvalue weighted by Gasteiger charge is -2.47. The zero-order valence-corrected chi connectivity index (χ0v) is 12.1. The molecule has 114 valence electrons. The highest BCUT2D eigenvalue weighted by atomic mass is 16.5. The number of carbonyl (C=O) groups is 2. The standard InChI is InChI=1S/C13H23N3O4/c1-16(2)12(4-3-5-12)8-14-11(19)15-13(10(17)18)6-7-20-9-13/h3-9H2,1-2H3,(H,17,18)(H2,14,15,19). The monoisotopic (exact) mass is 285 g/mol. The minimum absolute atomic E-state index is 0.0138. The minimum atomic E-state index is -1.28. The maximum atomic E-state index is 12.0. The van der Waals surface area contributed by atoms with Crippen molar-refractivity contribution in [3.05, 3.63) is 0 Å². The fourth-order valence-electron chi connectivity index (χ4n) is 2.76. The lowest BCUT2D eigenvalue weighted by atomic mass is 9.75. The van der Waals surface area contributed by atoms with Crippen LogP contribution in [0.25, 0.3) is 0 Å². The van der Waals surface area contributed by atoms with Gasteiger partial charge in [0.25, 0.3) is 0 Å². The molecule has 0 spiro atoms. The van der Waals surface area contributed by atoms with Crippen molar-refractivity contribution in [3.8, 4) is 0 Å². The Morgan fingerprint density at radius 1 is 1.30 bits per heavy atom. The lowest BCUT2D eigenvalue weighted by Crippen LogP contribution is -2.62. The van der Waals surface area contributed by atoms with E-state index in [4.69, 9.17) is 4.74 Å². The number of rotatable bonds is 5. The quantitative estimate of drug-likeness (QED) is 0.662. The van der Waals surface area contributed by atoms with Crippen LogP contribution in [-0.4, -0.2) is 66.9 Å². The van der Waals surface area contributed by atoms with Gasteiger partial charge >= 0.3 is 12.0 Å². The molecule has 1 saturated heterocycles. The smallest absolute Gasteiger partial charge is 0.332 e. The molecule has 2 rings (SSSR count). The number of ether oxygens (including phenoxy) is 1. The highest BCUT2D eigenvalue weighted by molar-refractivity contribution is 5.86. The number of aliphatic carboxylic acids is 1. The molecular weight excluding hydrogens is 262 g/mol. The Morgan fingerprint density at radius 2 is 2.00 bits per heavy atom. The molecule has 3 N–H and O–H groups in total. The molecule has 0 aromatic carbocycles. The van der Waals surface area contributed by atoms with E-state index in [1.165, 1.54) is 0 Å². The van der Waals surface area contributed by atoms with Gasteiger partial charge in [-0.25, -0.2) is 9.59 Å². The Balaban J connectivity index is 1.87. The first kappa shape index (κ1) is 15.1. The van der Waals surface area contributed by atoms with Gasteiger partial charge < -0.3 is 25.4 Å². The fourth-order valence-corrected chi connectivity index (χ4v) is 2.76. The molecule has 1 atom stereocenters. The number of amides is 2. The molecule has 7 heteroatoms. The van der Waals surface area contributed by atoms with Crippen LogP contribution in [0, 0.1) is 0 Å². The van der Waals surface area contributed by atoms with Gasteiger partial charge in [0, 0.05) is 25.1 Å². The van der Waals surface area contributed by atoms with Gasteiger partial charge in [0.15, 0.2) is 5.54 Å². The van der Waals surface area contributed by atoms with Crippen molar-refractivity contribution in [2.45, 2.75) is 36.8 Å². The number of hydrogen-bond donors (Lipinski definition) is 3. The highest BCUT2D eigenvalue weighted by Gasteiger charge is 2.45. The van der Waals surface area contributed by atoms with E-state index < -0.39 is 17.5 Å². The second-order valence-corrected chi connectivity index (χ2v) is 5.97. The summed E-state index contributed by atoms with van der Waals surface area (Å²) < 4.78 is 5.11. The van der Waals surface area contributed by atoms with Crippen LogP contribution in [-0.2, 0) is 9.53 Å². The Morgan fingerprint density at radius 3 is 2.40 bits per heavy atom. The van der Waals surface area contributed by atoms with Crippen LogP contribution in [0.15, 0.2) is 0 Å². The second kappa shape index (κ2) is 5.57. The van der Waals surface area contributed by atoms with Crippen molar-refractivity contribution in [1.29, 1.82) is 0 Å². The highest BCUT2D eigenvalue weighted by Crippen LogP contribution is 2.35. The summed E-state index contributed by atoms with van der Waals surface area (Å²) >= 11 is 0. The van der Waals surface area contributed by atoms with Crippen molar-refractivity contribution in [1.82, 2.24) is 15.5 Å². The summed E-state index contributed by atoms with van der Waals surface area (Å²) in [6.07, 6.45) is 3.56. The van der Waals surface area contributed by atoms with E-state index in [1.54, 1.807) is 0 Å². The third-order valence-electron chi connectivity index (χ3n) is 4.59. The molecule has 0 bridgehead atoms. The van der Waals surface area contributed by atoms with Crippen LogP contribution in [0.5, 0.6) is 0 Å². The second-order valence-electron chi connectivity index (χ2n) is 5.97. The third-order valence-corrected chi connectivity index (χ3v) is 4.59. The van der Waals surface area contributed by atoms with Crippen molar-refractivity contribution in [2.75, 3.05) is 33.9 Å². The summed E-state index contributed by atoms with van der Waals surface area (Å²) in [6.45, 7) is 0.908. The number of urea groups is 1. The van der Waals surface area contributed by atoms with E-state index in [-0.39, 0.29) is 12.1 Å². The molecule has 0 aromatic rings. The van der Waals surface area contributed by atoms with E-state index in [9.17, 15) is 14.7 Å². The van der Waals surface area contributed by atoms with Crippen LogP contribution in [0.2, 0.25) is 0 Å². The molecule has 1 unspecified atom stereocenters. The van der Waals surface area contributed by atoms with Crippen LogP contribution in [0.4, 0.5) is 4.79 Å². The maximum Gasteiger partial charge on any atom is 0.332 e. The predicted octanol–water partition coefficient (Wildman–Crippen LogP) is 0.0136. The van der Waals surface area contributed by atoms with Gasteiger partial charge in [0.1, 0.15) is 0 Å². The number of nitrogens with zero attached hydrogens (tertiary/aromatic N) is 1. The van der Waals surface area contributed by atoms with E-state index >= 15 is 0 Å². The summed E-state index contributed by atoms with van der Waals surface area (Å²) in [4.78, 5) is 25.4. The average Bonchev–Trinajstić information content (AvgIpc) is 2.76. The van der Waals surface area contributed by atoms with Crippen LogP contribution >= 0.6 is 0 Å². The van der Waals surface area contributed by atoms with Crippen molar-refractivity contribution in [2.24, 2.45) is 0 Å². The number of hydrogen-bond acceptors (Lipinski definition) is 4. The van der Waals surface area contributed by atoms with Crippen LogP contribution in [0.1, 0.15) is 25.7 Å². The van der Waals surface area contributed by atoms with Gasteiger partial charge in [-0.05, 0) is 33.4 Å². The van der Waals surface area contributed by atoms with Gasteiger partial charge in [-0.1, -0.05) is 0 Å². The summed E-state index contributed by atoms with van der Waals surface area (Å²) in [5.41, 5.74) is -1.27. The van der Waals surface area contributed by atoms with E-state index in [0.717, 1.165) is 19.3 Å². The van der Waals surface area contributed by atoms with E-state index in [1.807, 2.05) is 14.1 Å². The van der Waals surface area contributed by atoms with Gasteiger partial charge in [0.2, 0.25) is 0 Å².